The largest absolute Gasteiger partial charge is 0.487 e. The van der Waals surface area contributed by atoms with Gasteiger partial charge >= 0.3 is 0 Å². The zero-order valence-electron chi connectivity index (χ0n) is 17.6. The van der Waals surface area contributed by atoms with Crippen molar-refractivity contribution in [3.63, 3.8) is 0 Å². The van der Waals surface area contributed by atoms with Crippen molar-refractivity contribution in [1.82, 2.24) is 4.90 Å². The summed E-state index contributed by atoms with van der Waals surface area (Å²) in [6.45, 7) is 4.01. The van der Waals surface area contributed by atoms with Gasteiger partial charge < -0.3 is 24.9 Å². The van der Waals surface area contributed by atoms with E-state index in [1.54, 1.807) is 12.1 Å². The molecular formula is C23H31FN2O4. The lowest BCUT2D eigenvalue weighted by Gasteiger charge is -2.45. The van der Waals surface area contributed by atoms with E-state index >= 15 is 0 Å². The number of hydrogen-bond donors (Lipinski definition) is 1. The SMILES string of the molecule is CC1(C2CCN(C(=O)CC3CC(N)(COCC=O)C3)CC2)Cc2cc(F)ccc2O1. The molecule has 1 saturated heterocycles. The van der Waals surface area contributed by atoms with Gasteiger partial charge in [0.2, 0.25) is 5.91 Å². The second-order valence-corrected chi connectivity index (χ2v) is 9.52. The maximum absolute atomic E-state index is 13.5. The number of aldehydes is 1. The van der Waals surface area contributed by atoms with Crippen LogP contribution in [0, 0.1) is 17.7 Å². The van der Waals surface area contributed by atoms with E-state index in [1.807, 2.05) is 4.90 Å². The highest BCUT2D eigenvalue weighted by molar-refractivity contribution is 5.76. The third-order valence-electron chi connectivity index (χ3n) is 7.05. The van der Waals surface area contributed by atoms with Gasteiger partial charge in [-0.3, -0.25) is 4.79 Å². The van der Waals surface area contributed by atoms with Crippen molar-refractivity contribution in [1.29, 1.82) is 0 Å². The molecule has 3 aliphatic rings. The van der Waals surface area contributed by atoms with Gasteiger partial charge in [0.1, 0.15) is 30.1 Å². The van der Waals surface area contributed by atoms with Gasteiger partial charge in [-0.25, -0.2) is 4.39 Å². The summed E-state index contributed by atoms with van der Waals surface area (Å²) in [5.74, 6) is 1.38. The van der Waals surface area contributed by atoms with Crippen LogP contribution in [0.3, 0.4) is 0 Å². The molecule has 2 N–H and O–H groups in total. The molecule has 6 nitrogen and oxygen atoms in total. The highest BCUT2D eigenvalue weighted by atomic mass is 19.1. The summed E-state index contributed by atoms with van der Waals surface area (Å²) in [6, 6.07) is 4.73. The first-order valence-corrected chi connectivity index (χ1v) is 10.9. The molecule has 2 aliphatic heterocycles. The quantitative estimate of drug-likeness (QED) is 0.543. The zero-order valence-corrected chi connectivity index (χ0v) is 17.6. The number of carbonyl (C=O) groups excluding carboxylic acids is 2. The number of nitrogens with two attached hydrogens (primary N) is 1. The fraction of sp³-hybridized carbons (Fsp3) is 0.652. The van der Waals surface area contributed by atoms with Crippen LogP contribution >= 0.6 is 0 Å². The van der Waals surface area contributed by atoms with Gasteiger partial charge in [0.15, 0.2) is 0 Å². The molecule has 164 valence electrons. The summed E-state index contributed by atoms with van der Waals surface area (Å²) < 4.78 is 25.0. The minimum atomic E-state index is -0.399. The Labute approximate surface area is 176 Å². The lowest BCUT2D eigenvalue weighted by atomic mass is 9.68. The molecule has 2 heterocycles. The Balaban J connectivity index is 1.22. The molecule has 0 bridgehead atoms. The van der Waals surface area contributed by atoms with Crippen LogP contribution in [0.15, 0.2) is 18.2 Å². The first-order chi connectivity index (χ1) is 14.3. The summed E-state index contributed by atoms with van der Waals surface area (Å²) >= 11 is 0. The van der Waals surface area contributed by atoms with Crippen molar-refractivity contribution in [2.45, 2.75) is 56.6 Å². The summed E-state index contributed by atoms with van der Waals surface area (Å²) in [6.07, 6.45) is 5.26. The molecule has 1 atom stereocenters. The fourth-order valence-corrected chi connectivity index (χ4v) is 5.46. The molecule has 1 amide bonds. The van der Waals surface area contributed by atoms with Crippen LogP contribution in [0.5, 0.6) is 5.75 Å². The predicted octanol–water partition coefficient (Wildman–Crippen LogP) is 2.47. The summed E-state index contributed by atoms with van der Waals surface area (Å²) in [5.41, 5.74) is 6.43. The number of benzene rings is 1. The van der Waals surface area contributed by atoms with Gasteiger partial charge in [0.05, 0.1) is 6.61 Å². The lowest BCUT2D eigenvalue weighted by molar-refractivity contribution is -0.136. The molecule has 1 unspecified atom stereocenters. The molecule has 4 rings (SSSR count). The maximum atomic E-state index is 13.5. The van der Waals surface area contributed by atoms with Crippen LogP contribution in [0.1, 0.15) is 44.6 Å². The van der Waals surface area contributed by atoms with Gasteiger partial charge in [0, 0.05) is 43.0 Å². The number of fused-ring (bicyclic) bond motifs is 1. The number of rotatable bonds is 7. The molecule has 1 aromatic rings. The van der Waals surface area contributed by atoms with Crippen molar-refractivity contribution < 1.29 is 23.5 Å². The second kappa shape index (κ2) is 8.27. The van der Waals surface area contributed by atoms with Crippen LogP contribution in [0.25, 0.3) is 0 Å². The fourth-order valence-electron chi connectivity index (χ4n) is 5.46. The van der Waals surface area contributed by atoms with E-state index in [0.717, 1.165) is 56.4 Å². The van der Waals surface area contributed by atoms with Gasteiger partial charge in [-0.2, -0.15) is 0 Å². The van der Waals surface area contributed by atoms with E-state index in [4.69, 9.17) is 15.2 Å². The number of carbonyl (C=O) groups is 2. The Hall–Kier alpha value is -1.99. The van der Waals surface area contributed by atoms with Crippen molar-refractivity contribution in [2.24, 2.45) is 17.6 Å². The minimum Gasteiger partial charge on any atom is -0.487 e. The minimum absolute atomic E-state index is 0.0696. The molecule has 7 heteroatoms. The third kappa shape index (κ3) is 4.37. The van der Waals surface area contributed by atoms with E-state index < -0.39 is 5.54 Å². The molecule has 1 aliphatic carbocycles. The lowest BCUT2D eigenvalue weighted by Crippen LogP contribution is -2.56. The molecule has 2 fully saturated rings. The Kier molecular flexibility index (Phi) is 5.86. The summed E-state index contributed by atoms with van der Waals surface area (Å²) in [5, 5.41) is 0. The topological polar surface area (TPSA) is 81.9 Å². The van der Waals surface area contributed by atoms with E-state index in [1.165, 1.54) is 6.07 Å². The van der Waals surface area contributed by atoms with Crippen LogP contribution in [-0.2, 0) is 20.7 Å². The molecule has 1 saturated carbocycles. The standard InChI is InChI=1S/C23H31FN2O4/c1-22(14-17-11-19(24)2-3-20(17)30-22)18-4-6-26(7-5-18)21(28)10-16-12-23(25,13-16)15-29-9-8-27/h2-3,8,11,16,18H,4-7,9-10,12-15,25H2,1H3. The van der Waals surface area contributed by atoms with Crippen molar-refractivity contribution in [3.05, 3.63) is 29.6 Å². The van der Waals surface area contributed by atoms with Crippen molar-refractivity contribution >= 4 is 12.2 Å². The van der Waals surface area contributed by atoms with Gasteiger partial charge in [-0.1, -0.05) is 0 Å². The molecule has 0 radical (unpaired) electrons. The third-order valence-corrected chi connectivity index (χ3v) is 7.05. The first-order valence-electron chi connectivity index (χ1n) is 10.9. The Morgan fingerprint density at radius 3 is 2.80 bits per heavy atom. The van der Waals surface area contributed by atoms with Crippen LogP contribution in [-0.4, -0.2) is 54.5 Å². The van der Waals surface area contributed by atoms with E-state index in [2.05, 4.69) is 6.92 Å². The second-order valence-electron chi connectivity index (χ2n) is 9.52. The summed E-state index contributed by atoms with van der Waals surface area (Å²) in [7, 11) is 0. The number of nitrogens with zero attached hydrogens (tertiary/aromatic N) is 1. The van der Waals surface area contributed by atoms with Crippen LogP contribution < -0.4 is 10.5 Å². The number of halogens is 1. The Morgan fingerprint density at radius 2 is 2.10 bits per heavy atom. The first kappa shape index (κ1) is 21.2. The number of amides is 1. The van der Waals surface area contributed by atoms with Crippen molar-refractivity contribution in [2.75, 3.05) is 26.3 Å². The monoisotopic (exact) mass is 418 g/mol. The Morgan fingerprint density at radius 1 is 1.37 bits per heavy atom. The smallest absolute Gasteiger partial charge is 0.222 e. The molecular weight excluding hydrogens is 387 g/mol. The predicted molar refractivity (Wildman–Crippen MR) is 110 cm³/mol. The number of ether oxygens (including phenoxy) is 2. The van der Waals surface area contributed by atoms with Gasteiger partial charge in [-0.05, 0) is 56.7 Å². The Bertz CT molecular complexity index is 802. The normalized spacial score (nSPS) is 31.0. The highest BCUT2D eigenvalue weighted by Crippen LogP contribution is 2.43. The zero-order chi connectivity index (χ0) is 21.4. The number of piperidine rings is 1. The van der Waals surface area contributed by atoms with Gasteiger partial charge in [0.25, 0.3) is 0 Å². The van der Waals surface area contributed by atoms with E-state index in [9.17, 15) is 14.0 Å². The summed E-state index contributed by atoms with van der Waals surface area (Å²) in [4.78, 5) is 25.0. The molecule has 30 heavy (non-hydrogen) atoms. The number of likely N-dealkylation sites (tertiary alicyclic amines) is 1. The average Bonchev–Trinajstić information content (AvgIpc) is 3.03. The van der Waals surface area contributed by atoms with Crippen LogP contribution in [0.2, 0.25) is 0 Å². The van der Waals surface area contributed by atoms with Crippen molar-refractivity contribution in [3.8, 4) is 5.75 Å². The van der Waals surface area contributed by atoms with Gasteiger partial charge in [-0.15, -0.1) is 0 Å². The maximum Gasteiger partial charge on any atom is 0.222 e. The average molecular weight is 419 g/mol. The van der Waals surface area contributed by atoms with Crippen LogP contribution in [0.4, 0.5) is 4.39 Å². The highest BCUT2D eigenvalue weighted by Gasteiger charge is 2.45. The molecule has 0 aromatic heterocycles. The molecule has 1 aromatic carbocycles. The van der Waals surface area contributed by atoms with E-state index in [-0.39, 0.29) is 23.9 Å². The number of hydrogen-bond acceptors (Lipinski definition) is 5. The van der Waals surface area contributed by atoms with E-state index in [0.29, 0.717) is 31.3 Å². The molecule has 0 spiro atoms.